The lowest BCUT2D eigenvalue weighted by atomic mass is 9.90. The molecule has 0 saturated carbocycles. The lowest BCUT2D eigenvalue weighted by Gasteiger charge is -2.17. The van der Waals surface area contributed by atoms with E-state index >= 15 is 0 Å². The molecule has 134 valence electrons. The summed E-state index contributed by atoms with van der Waals surface area (Å²) in [6.07, 6.45) is 3.88. The van der Waals surface area contributed by atoms with E-state index in [-0.39, 0.29) is 11.8 Å². The number of imidazole rings is 1. The Balaban J connectivity index is 1.56. The van der Waals surface area contributed by atoms with Gasteiger partial charge < -0.3 is 9.72 Å². The van der Waals surface area contributed by atoms with Gasteiger partial charge in [-0.15, -0.1) is 0 Å². The molecule has 0 bridgehead atoms. The second-order valence-corrected chi connectivity index (χ2v) is 7.23. The second-order valence-electron chi connectivity index (χ2n) is 6.32. The van der Waals surface area contributed by atoms with Crippen LogP contribution in [0.3, 0.4) is 0 Å². The molecule has 0 atom stereocenters. The van der Waals surface area contributed by atoms with Crippen LogP contribution >= 0.6 is 15.9 Å². The number of nitrogens with one attached hydrogen (secondary N) is 1. The standard InChI is InChI=1S/C22H18BrN3O/c23-18-11-12-20-25-19(15-26(20)14-18)13-24-22(27)21(16-7-3-1-4-8-16)17-9-5-2-6-10-17/h1-12,14-15,21H,13H2,(H,24,27). The lowest BCUT2D eigenvalue weighted by Crippen LogP contribution is -2.29. The molecular formula is C22H18BrN3O. The van der Waals surface area contributed by atoms with Crippen molar-refractivity contribution in [1.29, 1.82) is 0 Å². The first-order chi connectivity index (χ1) is 13.2. The largest absolute Gasteiger partial charge is 0.350 e. The zero-order valence-corrected chi connectivity index (χ0v) is 16.1. The molecular weight excluding hydrogens is 402 g/mol. The maximum absolute atomic E-state index is 13.0. The number of amides is 1. The van der Waals surface area contributed by atoms with Crippen LogP contribution in [0.25, 0.3) is 5.65 Å². The van der Waals surface area contributed by atoms with Gasteiger partial charge in [0.25, 0.3) is 0 Å². The van der Waals surface area contributed by atoms with E-state index in [0.717, 1.165) is 26.9 Å². The van der Waals surface area contributed by atoms with Gasteiger partial charge in [-0.05, 0) is 39.2 Å². The maximum atomic E-state index is 13.0. The molecule has 0 saturated heterocycles. The van der Waals surface area contributed by atoms with E-state index in [4.69, 9.17) is 0 Å². The number of hydrogen-bond donors (Lipinski definition) is 1. The molecule has 0 radical (unpaired) electrons. The summed E-state index contributed by atoms with van der Waals surface area (Å²) in [6.45, 7) is 0.383. The predicted molar refractivity (Wildman–Crippen MR) is 109 cm³/mol. The number of carbonyl (C=O) groups excluding carboxylic acids is 1. The Morgan fingerprint density at radius 1 is 0.926 bits per heavy atom. The summed E-state index contributed by atoms with van der Waals surface area (Å²) in [5, 5.41) is 3.05. The van der Waals surface area contributed by atoms with E-state index < -0.39 is 0 Å². The average Bonchev–Trinajstić information content (AvgIpc) is 3.10. The summed E-state index contributed by atoms with van der Waals surface area (Å²) in [5.74, 6) is -0.385. The molecule has 2 heterocycles. The zero-order valence-electron chi connectivity index (χ0n) is 14.5. The van der Waals surface area contributed by atoms with Crippen molar-refractivity contribution in [2.75, 3.05) is 0 Å². The third-order valence-corrected chi connectivity index (χ3v) is 4.91. The number of pyridine rings is 1. The van der Waals surface area contributed by atoms with Gasteiger partial charge in [0.15, 0.2) is 0 Å². The monoisotopic (exact) mass is 419 g/mol. The van der Waals surface area contributed by atoms with Gasteiger partial charge in [0.1, 0.15) is 5.65 Å². The average molecular weight is 420 g/mol. The van der Waals surface area contributed by atoms with Crippen molar-refractivity contribution in [2.45, 2.75) is 12.5 Å². The summed E-state index contributed by atoms with van der Waals surface area (Å²) >= 11 is 3.46. The minimum absolute atomic E-state index is 0.0364. The van der Waals surface area contributed by atoms with Crippen LogP contribution in [0.15, 0.2) is 89.7 Å². The zero-order chi connectivity index (χ0) is 18.6. The van der Waals surface area contributed by atoms with Crippen LogP contribution in [-0.2, 0) is 11.3 Å². The van der Waals surface area contributed by atoms with Crippen molar-refractivity contribution >= 4 is 27.5 Å². The minimum Gasteiger partial charge on any atom is -0.350 e. The molecule has 0 aliphatic carbocycles. The highest BCUT2D eigenvalue weighted by atomic mass is 79.9. The molecule has 4 rings (SSSR count). The normalized spacial score (nSPS) is 11.0. The fourth-order valence-corrected chi connectivity index (χ4v) is 3.52. The quantitative estimate of drug-likeness (QED) is 0.515. The van der Waals surface area contributed by atoms with Crippen LogP contribution in [0, 0.1) is 0 Å². The number of benzene rings is 2. The topological polar surface area (TPSA) is 46.4 Å². The molecule has 4 aromatic rings. The summed E-state index contributed by atoms with van der Waals surface area (Å²) < 4.78 is 2.92. The maximum Gasteiger partial charge on any atom is 0.232 e. The van der Waals surface area contributed by atoms with E-state index in [1.165, 1.54) is 0 Å². The molecule has 0 aliphatic rings. The van der Waals surface area contributed by atoms with E-state index in [2.05, 4.69) is 26.2 Å². The van der Waals surface area contributed by atoms with Gasteiger partial charge >= 0.3 is 0 Å². The molecule has 1 amide bonds. The molecule has 4 nitrogen and oxygen atoms in total. The van der Waals surface area contributed by atoms with Gasteiger partial charge in [0.2, 0.25) is 5.91 Å². The number of fused-ring (bicyclic) bond motifs is 1. The van der Waals surface area contributed by atoms with Crippen LogP contribution in [0.1, 0.15) is 22.7 Å². The van der Waals surface area contributed by atoms with E-state index in [0.29, 0.717) is 6.54 Å². The number of rotatable bonds is 5. The first kappa shape index (κ1) is 17.5. The Bertz CT molecular complexity index is 1020. The van der Waals surface area contributed by atoms with Crippen LogP contribution in [0.5, 0.6) is 0 Å². The van der Waals surface area contributed by atoms with Gasteiger partial charge in [-0.2, -0.15) is 0 Å². The van der Waals surface area contributed by atoms with Crippen LogP contribution in [0.4, 0.5) is 0 Å². The molecule has 5 heteroatoms. The van der Waals surface area contributed by atoms with Gasteiger partial charge in [-0.25, -0.2) is 4.98 Å². The smallest absolute Gasteiger partial charge is 0.232 e. The number of aromatic nitrogens is 2. The third-order valence-electron chi connectivity index (χ3n) is 4.44. The molecule has 0 spiro atoms. The number of halogens is 1. The first-order valence-electron chi connectivity index (χ1n) is 8.71. The van der Waals surface area contributed by atoms with E-state index in [9.17, 15) is 4.79 Å². The highest BCUT2D eigenvalue weighted by molar-refractivity contribution is 9.10. The molecule has 2 aromatic carbocycles. The summed E-state index contributed by atoms with van der Waals surface area (Å²) in [5.41, 5.74) is 3.62. The number of nitrogens with zero attached hydrogens (tertiary/aromatic N) is 2. The number of hydrogen-bond acceptors (Lipinski definition) is 2. The summed E-state index contributed by atoms with van der Waals surface area (Å²) in [4.78, 5) is 17.6. The molecule has 27 heavy (non-hydrogen) atoms. The Morgan fingerprint density at radius 3 is 2.19 bits per heavy atom. The highest BCUT2D eigenvalue weighted by Crippen LogP contribution is 2.24. The summed E-state index contributed by atoms with van der Waals surface area (Å²) in [6, 6.07) is 23.6. The van der Waals surface area contributed by atoms with Gasteiger partial charge in [-0.3, -0.25) is 4.79 Å². The molecule has 0 fully saturated rings. The lowest BCUT2D eigenvalue weighted by molar-refractivity contribution is -0.121. The van der Waals surface area contributed by atoms with Crippen molar-refractivity contribution in [2.24, 2.45) is 0 Å². The Kier molecular flexibility index (Phi) is 5.03. The number of carbonyl (C=O) groups is 1. The third kappa shape index (κ3) is 3.93. The Labute approximate surface area is 166 Å². The predicted octanol–water partition coefficient (Wildman–Crippen LogP) is 4.55. The highest BCUT2D eigenvalue weighted by Gasteiger charge is 2.22. The molecule has 2 aromatic heterocycles. The van der Waals surface area contributed by atoms with Crippen LogP contribution in [-0.4, -0.2) is 15.3 Å². The molecule has 0 unspecified atom stereocenters. The Morgan fingerprint density at radius 2 is 1.56 bits per heavy atom. The van der Waals surface area contributed by atoms with E-state index in [1.54, 1.807) is 0 Å². The first-order valence-corrected chi connectivity index (χ1v) is 9.51. The van der Waals surface area contributed by atoms with Crippen molar-refractivity contribution in [1.82, 2.24) is 14.7 Å². The van der Waals surface area contributed by atoms with Crippen LogP contribution < -0.4 is 5.32 Å². The SMILES string of the molecule is O=C(NCc1cn2cc(Br)ccc2n1)C(c1ccccc1)c1ccccc1. The Hall–Kier alpha value is -2.92. The van der Waals surface area contributed by atoms with E-state index in [1.807, 2.05) is 89.6 Å². The van der Waals surface area contributed by atoms with Crippen molar-refractivity contribution in [3.05, 3.63) is 106 Å². The second kappa shape index (κ2) is 7.76. The summed E-state index contributed by atoms with van der Waals surface area (Å²) in [7, 11) is 0. The fourth-order valence-electron chi connectivity index (χ4n) is 3.17. The van der Waals surface area contributed by atoms with Crippen molar-refractivity contribution in [3.63, 3.8) is 0 Å². The molecule has 0 aliphatic heterocycles. The van der Waals surface area contributed by atoms with Gasteiger partial charge in [0.05, 0.1) is 18.2 Å². The molecule has 1 N–H and O–H groups in total. The van der Waals surface area contributed by atoms with Crippen molar-refractivity contribution in [3.8, 4) is 0 Å². The van der Waals surface area contributed by atoms with Gasteiger partial charge in [-0.1, -0.05) is 60.7 Å². The van der Waals surface area contributed by atoms with Crippen LogP contribution in [0.2, 0.25) is 0 Å². The van der Waals surface area contributed by atoms with Gasteiger partial charge in [0, 0.05) is 16.9 Å². The fraction of sp³-hybridized carbons (Fsp3) is 0.0909. The minimum atomic E-state index is -0.349. The van der Waals surface area contributed by atoms with Crippen molar-refractivity contribution < 1.29 is 4.79 Å².